The highest BCUT2D eigenvalue weighted by Gasteiger charge is 2.45. The second kappa shape index (κ2) is 5.60. The van der Waals surface area contributed by atoms with Gasteiger partial charge < -0.3 is 10.7 Å². The molecule has 0 spiro atoms. The lowest BCUT2D eigenvalue weighted by molar-refractivity contribution is 0.103. The van der Waals surface area contributed by atoms with Crippen LogP contribution in [0.4, 0.5) is 5.69 Å². The average molecular weight is 328 g/mol. The summed E-state index contributed by atoms with van der Waals surface area (Å²) in [5.41, 5.74) is 2.89. The van der Waals surface area contributed by atoms with Crippen LogP contribution in [0.1, 0.15) is 46.8 Å². The number of rotatable bonds is 5. The Balaban J connectivity index is 1.39. The third kappa shape index (κ3) is 2.83. The van der Waals surface area contributed by atoms with Gasteiger partial charge in [-0.3, -0.25) is 9.48 Å². The summed E-state index contributed by atoms with van der Waals surface area (Å²) in [7, 11) is 1.82. The van der Waals surface area contributed by atoms with Gasteiger partial charge in [0, 0.05) is 24.9 Å². The quantitative estimate of drug-likeness (QED) is 0.822. The van der Waals surface area contributed by atoms with Crippen LogP contribution in [0.2, 0.25) is 0 Å². The van der Waals surface area contributed by atoms with Gasteiger partial charge in [0.25, 0.3) is 5.91 Å². The van der Waals surface area contributed by atoms with E-state index in [0.717, 1.165) is 17.0 Å². The third-order valence-corrected chi connectivity index (χ3v) is 5.92. The molecule has 120 valence electrons. The monoisotopic (exact) mass is 328 g/mol. The fourth-order valence-electron chi connectivity index (χ4n) is 3.27. The van der Waals surface area contributed by atoms with Crippen molar-refractivity contribution in [2.24, 2.45) is 18.9 Å². The number of nitrogens with one attached hydrogen (secondary N) is 2. The van der Waals surface area contributed by atoms with Crippen molar-refractivity contribution in [2.75, 3.05) is 5.32 Å². The third-order valence-electron chi connectivity index (χ3n) is 4.97. The Morgan fingerprint density at radius 2 is 2.30 bits per heavy atom. The van der Waals surface area contributed by atoms with Crippen LogP contribution in [-0.4, -0.2) is 21.4 Å². The minimum Gasteiger partial charge on any atom is -0.319 e. The molecule has 2 N–H and O–H groups in total. The maximum atomic E-state index is 12.3. The van der Waals surface area contributed by atoms with Crippen molar-refractivity contribution >= 4 is 28.6 Å². The molecule has 5 nitrogen and oxygen atoms in total. The molecule has 2 saturated carbocycles. The maximum Gasteiger partial charge on any atom is 0.265 e. The van der Waals surface area contributed by atoms with Gasteiger partial charge in [0.1, 0.15) is 0 Å². The molecule has 2 aliphatic carbocycles. The largest absolute Gasteiger partial charge is 0.319 e. The molecule has 0 saturated heterocycles. The molecule has 2 fully saturated rings. The minimum absolute atomic E-state index is 0.0829. The number of carbonyl (C=O) groups excluding carboxylic acids is 1. The Labute approximate surface area is 139 Å². The molecule has 1 amide bonds. The van der Waals surface area contributed by atoms with Crippen LogP contribution in [0.25, 0.3) is 0 Å². The first-order valence-electron chi connectivity index (χ1n) is 8.08. The maximum absolute atomic E-state index is 12.3. The summed E-state index contributed by atoms with van der Waals surface area (Å²) < 4.78 is 1.66. The lowest BCUT2D eigenvalue weighted by Gasteiger charge is -2.26. The molecule has 23 heavy (non-hydrogen) atoms. The topological polar surface area (TPSA) is 70.8 Å². The molecule has 2 unspecified atom stereocenters. The Morgan fingerprint density at radius 1 is 1.48 bits per heavy atom. The molecule has 0 bridgehead atoms. The van der Waals surface area contributed by atoms with E-state index < -0.39 is 0 Å². The van der Waals surface area contributed by atoms with E-state index in [0.29, 0.717) is 23.4 Å². The van der Waals surface area contributed by atoms with Crippen LogP contribution in [0, 0.1) is 17.2 Å². The smallest absolute Gasteiger partial charge is 0.265 e. The van der Waals surface area contributed by atoms with Crippen LogP contribution in [0.15, 0.2) is 23.8 Å². The number of aryl methyl sites for hydroxylation is 1. The summed E-state index contributed by atoms with van der Waals surface area (Å²) in [4.78, 5) is 13.0. The highest BCUT2D eigenvalue weighted by atomic mass is 32.1. The number of hydrogen-bond donors (Lipinski definition) is 2. The van der Waals surface area contributed by atoms with E-state index in [1.54, 1.807) is 17.1 Å². The second-order valence-electron chi connectivity index (χ2n) is 6.63. The van der Waals surface area contributed by atoms with E-state index in [9.17, 15) is 4.79 Å². The minimum atomic E-state index is -0.0829. The van der Waals surface area contributed by atoms with Gasteiger partial charge in [-0.15, -0.1) is 11.3 Å². The van der Waals surface area contributed by atoms with Crippen LogP contribution in [0.3, 0.4) is 0 Å². The normalized spacial score (nSPS) is 23.3. The Kier molecular flexibility index (Phi) is 3.56. The first kappa shape index (κ1) is 14.6. The summed E-state index contributed by atoms with van der Waals surface area (Å²) in [6, 6.07) is 2.00. The van der Waals surface area contributed by atoms with Crippen molar-refractivity contribution in [3.05, 3.63) is 34.3 Å². The molecule has 2 heterocycles. The van der Waals surface area contributed by atoms with Crippen molar-refractivity contribution < 1.29 is 4.79 Å². The van der Waals surface area contributed by atoms with Crippen LogP contribution in [-0.2, 0) is 7.05 Å². The first-order valence-corrected chi connectivity index (χ1v) is 8.96. The van der Waals surface area contributed by atoms with E-state index in [1.807, 2.05) is 13.1 Å². The van der Waals surface area contributed by atoms with Crippen molar-refractivity contribution in [2.45, 2.75) is 31.6 Å². The fourth-order valence-corrected chi connectivity index (χ4v) is 4.14. The Hall–Kier alpha value is -1.95. The molecule has 0 aromatic carbocycles. The molecule has 4 rings (SSSR count). The summed E-state index contributed by atoms with van der Waals surface area (Å²) in [5.74, 6) is 1.33. The van der Waals surface area contributed by atoms with E-state index in [1.165, 1.54) is 36.2 Å². The lowest BCUT2D eigenvalue weighted by Crippen LogP contribution is -2.23. The zero-order chi connectivity index (χ0) is 16.0. The van der Waals surface area contributed by atoms with Gasteiger partial charge in [0.05, 0.1) is 16.8 Å². The molecular formula is C17H20N4OS. The fraction of sp³-hybridized carbons (Fsp3) is 0.471. The van der Waals surface area contributed by atoms with Gasteiger partial charge in [0.15, 0.2) is 0 Å². The standard InChI is InChI=1S/C17H20N4OS/c1-21-8-12(7-19-21)20-17(22)15-5-11(9-23-15)13-6-14(13)16(18)10-3-2-4-10/h5,7-10,13-14,18H,2-4,6H2,1H3,(H,20,22). The SMILES string of the molecule is Cn1cc(NC(=O)c2cc(C3CC3C(=N)C3CCC3)cs2)cn1. The van der Waals surface area contributed by atoms with Crippen molar-refractivity contribution in [3.8, 4) is 0 Å². The zero-order valence-electron chi connectivity index (χ0n) is 13.1. The van der Waals surface area contributed by atoms with Crippen molar-refractivity contribution in [3.63, 3.8) is 0 Å². The van der Waals surface area contributed by atoms with E-state index in [4.69, 9.17) is 5.41 Å². The number of anilines is 1. The van der Waals surface area contributed by atoms with Gasteiger partial charge in [-0.25, -0.2) is 0 Å². The van der Waals surface area contributed by atoms with E-state index in [2.05, 4.69) is 15.8 Å². The molecule has 0 aliphatic heterocycles. The van der Waals surface area contributed by atoms with Gasteiger partial charge >= 0.3 is 0 Å². The lowest BCUT2D eigenvalue weighted by atomic mass is 9.79. The van der Waals surface area contributed by atoms with Gasteiger partial charge in [0.2, 0.25) is 0 Å². The number of carbonyl (C=O) groups is 1. The van der Waals surface area contributed by atoms with Gasteiger partial charge in [-0.1, -0.05) is 6.42 Å². The zero-order valence-corrected chi connectivity index (χ0v) is 13.9. The molecule has 6 heteroatoms. The highest BCUT2D eigenvalue weighted by molar-refractivity contribution is 7.12. The summed E-state index contributed by atoms with van der Waals surface area (Å²) in [6.45, 7) is 0. The van der Waals surface area contributed by atoms with Gasteiger partial charge in [-0.2, -0.15) is 5.10 Å². The molecular weight excluding hydrogens is 308 g/mol. The van der Waals surface area contributed by atoms with Crippen LogP contribution in [0.5, 0.6) is 0 Å². The summed E-state index contributed by atoms with van der Waals surface area (Å²) >= 11 is 1.48. The van der Waals surface area contributed by atoms with Crippen LogP contribution >= 0.6 is 11.3 Å². The van der Waals surface area contributed by atoms with Gasteiger partial charge in [-0.05, 0) is 48.1 Å². The molecule has 2 aliphatic rings. The number of hydrogen-bond acceptors (Lipinski definition) is 4. The highest BCUT2D eigenvalue weighted by Crippen LogP contribution is 2.52. The molecule has 2 aromatic rings. The predicted octanol–water partition coefficient (Wildman–Crippen LogP) is 3.66. The Bertz CT molecular complexity index is 758. The van der Waals surface area contributed by atoms with E-state index in [-0.39, 0.29) is 5.91 Å². The first-order chi connectivity index (χ1) is 11.1. The van der Waals surface area contributed by atoms with E-state index >= 15 is 0 Å². The number of thiophene rings is 1. The molecule has 2 aromatic heterocycles. The van der Waals surface area contributed by atoms with Crippen LogP contribution < -0.4 is 5.32 Å². The average Bonchev–Trinajstić information content (AvgIpc) is 2.91. The number of amides is 1. The Morgan fingerprint density at radius 3 is 2.96 bits per heavy atom. The predicted molar refractivity (Wildman–Crippen MR) is 91.4 cm³/mol. The summed E-state index contributed by atoms with van der Waals surface area (Å²) in [6.07, 6.45) is 8.18. The number of aromatic nitrogens is 2. The van der Waals surface area contributed by atoms with Crippen molar-refractivity contribution in [1.29, 1.82) is 5.41 Å². The number of nitrogens with zero attached hydrogens (tertiary/aromatic N) is 2. The second-order valence-corrected chi connectivity index (χ2v) is 7.54. The summed E-state index contributed by atoms with van der Waals surface area (Å²) in [5, 5.41) is 17.3. The molecule has 2 atom stereocenters. The van der Waals surface area contributed by atoms with Crippen molar-refractivity contribution in [1.82, 2.24) is 9.78 Å². The molecule has 0 radical (unpaired) electrons.